The van der Waals surface area contributed by atoms with Crippen LogP contribution in [0.4, 0.5) is 5.82 Å². The molecule has 2 aromatic heterocycles. The Morgan fingerprint density at radius 3 is 2.66 bits per heavy atom. The molecule has 0 unspecified atom stereocenters. The second kappa shape index (κ2) is 11.1. The third-order valence-corrected chi connectivity index (χ3v) is 6.69. The number of nitrogens with zero attached hydrogens (tertiary/aromatic N) is 4. The van der Waals surface area contributed by atoms with Gasteiger partial charge in [-0.15, -0.1) is 0 Å². The van der Waals surface area contributed by atoms with Crippen molar-refractivity contribution in [2.24, 2.45) is 0 Å². The minimum atomic E-state index is -4.36. The second-order valence-electron chi connectivity index (χ2n) is 9.30. The molecule has 4 rings (SSSR count). The second-order valence-corrected chi connectivity index (χ2v) is 10.9. The normalized spacial score (nSPS) is 25.7. The summed E-state index contributed by atoms with van der Waals surface area (Å²) in [6.45, 7) is 0.782. The highest BCUT2D eigenvalue weighted by atomic mass is 31.2. The van der Waals surface area contributed by atoms with Gasteiger partial charge in [-0.1, -0.05) is 12.8 Å². The van der Waals surface area contributed by atoms with E-state index in [0.717, 1.165) is 31.1 Å². The molecule has 4 atom stereocenters. The predicted molar refractivity (Wildman–Crippen MR) is 126 cm³/mol. The number of ether oxygens (including phenoxy) is 3. The van der Waals surface area contributed by atoms with Crippen LogP contribution in [0.25, 0.3) is 11.0 Å². The fraction of sp³-hybridized carbons (Fsp3) is 0.714. The average Bonchev–Trinajstić information content (AvgIpc) is 3.49. The van der Waals surface area contributed by atoms with Crippen molar-refractivity contribution in [3.05, 3.63) is 12.3 Å². The molecule has 3 heterocycles. The van der Waals surface area contributed by atoms with Crippen LogP contribution in [0.2, 0.25) is 0 Å². The van der Waals surface area contributed by atoms with Crippen molar-refractivity contribution < 1.29 is 38.8 Å². The van der Waals surface area contributed by atoms with E-state index in [0.29, 0.717) is 30.7 Å². The predicted octanol–water partition coefficient (Wildman–Crippen LogP) is 0.497. The molecule has 196 valence electrons. The van der Waals surface area contributed by atoms with Crippen LogP contribution in [0.3, 0.4) is 0 Å². The lowest BCUT2D eigenvalue weighted by Gasteiger charge is -2.19. The van der Waals surface area contributed by atoms with Crippen LogP contribution in [-0.4, -0.2) is 104 Å². The van der Waals surface area contributed by atoms with Crippen molar-refractivity contribution in [2.75, 3.05) is 45.5 Å². The Bertz CT molecular complexity index is 1040. The van der Waals surface area contributed by atoms with E-state index in [2.05, 4.69) is 15.3 Å². The Hall–Kier alpha value is -1.83. The van der Waals surface area contributed by atoms with Crippen LogP contribution >= 0.6 is 7.60 Å². The Kier molecular flexibility index (Phi) is 8.29. The first-order chi connectivity index (χ1) is 16.6. The van der Waals surface area contributed by atoms with Gasteiger partial charge in [-0.25, -0.2) is 0 Å². The van der Waals surface area contributed by atoms with E-state index in [4.69, 9.17) is 24.0 Å². The van der Waals surface area contributed by atoms with Gasteiger partial charge >= 0.3 is 13.6 Å². The fourth-order valence-electron chi connectivity index (χ4n) is 4.36. The van der Waals surface area contributed by atoms with Crippen LogP contribution in [0.5, 0.6) is 6.01 Å². The molecule has 5 N–H and O–H groups in total. The van der Waals surface area contributed by atoms with Crippen LogP contribution in [0.1, 0.15) is 31.9 Å². The van der Waals surface area contributed by atoms with E-state index < -0.39 is 38.5 Å². The maximum Gasteiger partial charge on any atom is 0.350 e. The van der Waals surface area contributed by atoms with E-state index >= 15 is 0 Å². The monoisotopic (exact) mass is 515 g/mol. The summed E-state index contributed by atoms with van der Waals surface area (Å²) < 4.78 is 29.3. The van der Waals surface area contributed by atoms with Gasteiger partial charge in [0, 0.05) is 18.8 Å². The molecule has 0 spiro atoms. The Labute approximate surface area is 203 Å². The van der Waals surface area contributed by atoms with Crippen molar-refractivity contribution in [3.8, 4) is 6.01 Å². The summed E-state index contributed by atoms with van der Waals surface area (Å²) in [5.74, 6) is 0.634. The lowest BCUT2D eigenvalue weighted by Crippen LogP contribution is -2.33. The molecule has 0 radical (unpaired) electrons. The SMILES string of the molecule is CN(C)CCOc1nc(NC2CCCC2)c2ccn([C@@H]3O[C@H](COCP(=O)(O)O)[C@@H](O)[C@H]3O)c2n1. The lowest BCUT2D eigenvalue weighted by molar-refractivity contribution is -0.0611. The zero-order valence-corrected chi connectivity index (χ0v) is 20.8. The Morgan fingerprint density at radius 1 is 1.23 bits per heavy atom. The number of likely N-dealkylation sites (N-methyl/N-ethyl adjacent to an activating group) is 1. The van der Waals surface area contributed by atoms with Crippen LogP contribution < -0.4 is 10.1 Å². The summed E-state index contributed by atoms with van der Waals surface area (Å²) in [6, 6.07) is 2.31. The molecular weight excluding hydrogens is 481 g/mol. The molecular formula is C21H34N5O8P. The first-order valence-electron chi connectivity index (χ1n) is 11.7. The van der Waals surface area contributed by atoms with Gasteiger partial charge in [0.1, 0.15) is 37.1 Å². The fourth-order valence-corrected chi connectivity index (χ4v) is 4.70. The number of aliphatic hydroxyl groups is 2. The standard InChI is InChI=1S/C21H34N5O8P/c1-25(2)9-10-33-21-23-18(22-13-5-3-4-6-13)14-7-8-26(19(14)24-21)20-17(28)16(27)15(34-20)11-32-12-35(29,30)31/h7-8,13,15-17,20,27-28H,3-6,9-12H2,1-2H3,(H,22,23,24)(H2,29,30,31)/t15-,16-,17-,20-/m1/s1. The third-order valence-electron chi connectivity index (χ3n) is 6.17. The van der Waals surface area contributed by atoms with E-state index in [1.54, 1.807) is 10.8 Å². The first kappa shape index (κ1) is 26.2. The molecule has 1 saturated heterocycles. The van der Waals surface area contributed by atoms with Crippen molar-refractivity contribution in [1.29, 1.82) is 0 Å². The van der Waals surface area contributed by atoms with Gasteiger partial charge in [0.2, 0.25) is 0 Å². The molecule has 1 saturated carbocycles. The van der Waals surface area contributed by atoms with Gasteiger partial charge in [-0.2, -0.15) is 9.97 Å². The van der Waals surface area contributed by atoms with Gasteiger partial charge in [0.25, 0.3) is 0 Å². The van der Waals surface area contributed by atoms with Crippen LogP contribution in [0.15, 0.2) is 12.3 Å². The van der Waals surface area contributed by atoms with Crippen molar-refractivity contribution >= 4 is 24.4 Å². The number of hydrogen-bond donors (Lipinski definition) is 5. The number of rotatable bonds is 11. The summed E-state index contributed by atoms with van der Waals surface area (Å²) in [6.07, 6.45) is 0.715. The molecule has 2 aliphatic rings. The molecule has 13 nitrogen and oxygen atoms in total. The zero-order valence-electron chi connectivity index (χ0n) is 19.9. The Morgan fingerprint density at radius 2 is 1.97 bits per heavy atom. The van der Waals surface area contributed by atoms with E-state index in [-0.39, 0.29) is 12.6 Å². The van der Waals surface area contributed by atoms with Crippen LogP contribution in [0, 0.1) is 0 Å². The average molecular weight is 516 g/mol. The van der Waals surface area contributed by atoms with Gasteiger partial charge in [0.05, 0.1) is 12.0 Å². The van der Waals surface area contributed by atoms with Gasteiger partial charge < -0.3 is 49.0 Å². The highest BCUT2D eigenvalue weighted by Gasteiger charge is 2.44. The first-order valence-corrected chi connectivity index (χ1v) is 13.5. The molecule has 2 aromatic rings. The maximum absolute atomic E-state index is 11.0. The third kappa shape index (κ3) is 6.49. The lowest BCUT2D eigenvalue weighted by atomic mass is 10.1. The largest absolute Gasteiger partial charge is 0.462 e. The van der Waals surface area contributed by atoms with E-state index in [9.17, 15) is 14.8 Å². The van der Waals surface area contributed by atoms with Crippen molar-refractivity contribution in [2.45, 2.75) is 56.3 Å². The molecule has 1 aliphatic carbocycles. The number of aliphatic hydroxyl groups excluding tert-OH is 2. The number of nitrogens with one attached hydrogen (secondary N) is 1. The number of anilines is 1. The summed E-state index contributed by atoms with van der Waals surface area (Å²) >= 11 is 0. The topological polar surface area (TPSA) is 172 Å². The van der Waals surface area contributed by atoms with Gasteiger partial charge in [-0.3, -0.25) is 4.57 Å². The summed E-state index contributed by atoms with van der Waals surface area (Å²) in [4.78, 5) is 29.1. The minimum absolute atomic E-state index is 0.189. The number of hydrogen-bond acceptors (Lipinski definition) is 10. The van der Waals surface area contributed by atoms with Crippen LogP contribution in [-0.2, 0) is 14.0 Å². The summed E-state index contributed by atoms with van der Waals surface area (Å²) in [5.41, 5.74) is 0.466. The molecule has 1 aliphatic heterocycles. The smallest absolute Gasteiger partial charge is 0.350 e. The molecule has 35 heavy (non-hydrogen) atoms. The van der Waals surface area contributed by atoms with Crippen molar-refractivity contribution in [3.63, 3.8) is 0 Å². The highest BCUT2D eigenvalue weighted by molar-refractivity contribution is 7.51. The quantitative estimate of drug-likeness (QED) is 0.263. The highest BCUT2D eigenvalue weighted by Crippen LogP contribution is 2.37. The summed E-state index contributed by atoms with van der Waals surface area (Å²) in [5, 5.41) is 25.4. The molecule has 2 fully saturated rings. The van der Waals surface area contributed by atoms with E-state index in [1.807, 2.05) is 25.1 Å². The number of aromatic nitrogens is 3. The minimum Gasteiger partial charge on any atom is -0.462 e. The molecule has 14 heteroatoms. The molecule has 0 amide bonds. The number of fused-ring (bicyclic) bond motifs is 1. The maximum atomic E-state index is 11.0. The van der Waals surface area contributed by atoms with Gasteiger partial charge in [-0.05, 0) is 33.0 Å². The van der Waals surface area contributed by atoms with Gasteiger partial charge in [0.15, 0.2) is 11.9 Å². The zero-order chi connectivity index (χ0) is 25.2. The Balaban J connectivity index is 1.58. The van der Waals surface area contributed by atoms with Crippen molar-refractivity contribution in [1.82, 2.24) is 19.4 Å². The summed E-state index contributed by atoms with van der Waals surface area (Å²) in [7, 11) is -0.481. The van der Waals surface area contributed by atoms with E-state index in [1.165, 1.54) is 0 Å². The molecule has 0 aromatic carbocycles. The molecule has 0 bridgehead atoms.